The number of hydrogen-bond acceptors (Lipinski definition) is 7. The van der Waals surface area contributed by atoms with Gasteiger partial charge in [-0.1, -0.05) is 18.2 Å². The predicted molar refractivity (Wildman–Crippen MR) is 122 cm³/mol. The molecule has 164 valence electrons. The van der Waals surface area contributed by atoms with Crippen molar-refractivity contribution in [1.29, 1.82) is 0 Å². The van der Waals surface area contributed by atoms with Crippen LogP contribution < -0.4 is 14.8 Å². The summed E-state index contributed by atoms with van der Waals surface area (Å²) in [5, 5.41) is 9.82. The molecule has 0 saturated carbocycles. The number of hydrazone groups is 1. The fraction of sp³-hybridized carbons (Fsp3) is 0.250. The molecule has 3 aromatic rings. The topological polar surface area (TPSA) is 88.9 Å². The maximum Gasteiger partial charge on any atom is 0.293 e. The zero-order valence-corrected chi connectivity index (χ0v) is 18.1. The van der Waals surface area contributed by atoms with Gasteiger partial charge in [0.05, 0.1) is 26.5 Å². The summed E-state index contributed by atoms with van der Waals surface area (Å²) in [4.78, 5) is 20.5. The van der Waals surface area contributed by atoms with E-state index in [1.807, 2.05) is 47.5 Å². The molecule has 4 rings (SSSR count). The van der Waals surface area contributed by atoms with E-state index >= 15 is 0 Å². The van der Waals surface area contributed by atoms with Gasteiger partial charge in [-0.15, -0.1) is 0 Å². The predicted octanol–water partition coefficient (Wildman–Crippen LogP) is 3.75. The van der Waals surface area contributed by atoms with Crippen molar-refractivity contribution in [3.8, 4) is 11.5 Å². The van der Waals surface area contributed by atoms with Crippen molar-refractivity contribution in [1.82, 2.24) is 15.0 Å². The van der Waals surface area contributed by atoms with Gasteiger partial charge in [0, 0.05) is 30.2 Å². The molecule has 1 amide bonds. The lowest BCUT2D eigenvalue weighted by Crippen LogP contribution is -2.27. The van der Waals surface area contributed by atoms with Crippen molar-refractivity contribution in [2.45, 2.75) is 19.4 Å². The smallest absolute Gasteiger partial charge is 0.293 e. The maximum atomic E-state index is 12.5. The Morgan fingerprint density at radius 2 is 1.81 bits per heavy atom. The first-order valence-corrected chi connectivity index (χ1v) is 10.4. The fourth-order valence-corrected chi connectivity index (χ4v) is 3.60. The minimum absolute atomic E-state index is 0.133. The average Bonchev–Trinajstić information content (AvgIpc) is 2.85. The number of benzene rings is 2. The highest BCUT2D eigenvalue weighted by atomic mass is 16.5. The summed E-state index contributed by atoms with van der Waals surface area (Å²) in [7, 11) is 3.25. The van der Waals surface area contributed by atoms with Gasteiger partial charge in [-0.25, -0.2) is 9.97 Å². The molecule has 8 nitrogen and oxygen atoms in total. The van der Waals surface area contributed by atoms with E-state index in [1.54, 1.807) is 32.7 Å². The normalized spacial score (nSPS) is 13.3. The largest absolute Gasteiger partial charge is 0.493 e. The van der Waals surface area contributed by atoms with Crippen LogP contribution in [0.1, 0.15) is 34.6 Å². The molecule has 0 saturated heterocycles. The van der Waals surface area contributed by atoms with Crippen molar-refractivity contribution < 1.29 is 14.3 Å². The van der Waals surface area contributed by atoms with E-state index in [2.05, 4.69) is 15.3 Å². The standard InChI is InChI=1S/C24H25N5O3/c1-31-21-11-10-17(15-22(21)32-2)20-9-5-14-29(28-20)16-18-7-3-4-8-19(18)27-24(30)23-25-12-6-13-26-23/h3-4,6-8,10-13,15H,5,9,14,16H2,1-2H3,(H,27,30). The van der Waals surface area contributed by atoms with Gasteiger partial charge in [0.25, 0.3) is 5.91 Å². The number of para-hydroxylation sites is 1. The van der Waals surface area contributed by atoms with Crippen molar-refractivity contribution >= 4 is 17.3 Å². The summed E-state index contributed by atoms with van der Waals surface area (Å²) in [5.41, 5.74) is 3.69. The minimum Gasteiger partial charge on any atom is -0.493 e. The van der Waals surface area contributed by atoms with Crippen LogP contribution >= 0.6 is 0 Å². The molecule has 1 aliphatic heterocycles. The van der Waals surface area contributed by atoms with Crippen molar-refractivity contribution in [3.05, 3.63) is 77.9 Å². The number of aromatic nitrogens is 2. The molecule has 0 bridgehead atoms. The summed E-state index contributed by atoms with van der Waals surface area (Å²) in [6.07, 6.45) is 4.97. The minimum atomic E-state index is -0.341. The molecule has 0 atom stereocenters. The molecule has 0 radical (unpaired) electrons. The Morgan fingerprint density at radius 3 is 2.59 bits per heavy atom. The van der Waals surface area contributed by atoms with Crippen LogP contribution in [-0.4, -0.2) is 47.4 Å². The number of rotatable bonds is 7. The van der Waals surface area contributed by atoms with Crippen LogP contribution in [0.4, 0.5) is 5.69 Å². The van der Waals surface area contributed by atoms with Crippen LogP contribution in [0, 0.1) is 0 Å². The van der Waals surface area contributed by atoms with Gasteiger partial charge >= 0.3 is 0 Å². The van der Waals surface area contributed by atoms with E-state index in [-0.39, 0.29) is 11.7 Å². The maximum absolute atomic E-state index is 12.5. The van der Waals surface area contributed by atoms with E-state index < -0.39 is 0 Å². The Balaban J connectivity index is 1.53. The SMILES string of the molecule is COc1ccc(C2=NN(Cc3ccccc3NC(=O)c3ncccn3)CCC2)cc1OC. The average molecular weight is 431 g/mol. The number of nitrogens with one attached hydrogen (secondary N) is 1. The molecule has 2 heterocycles. The van der Waals surface area contributed by atoms with Crippen molar-refractivity contribution in [3.63, 3.8) is 0 Å². The first kappa shape index (κ1) is 21.3. The second-order valence-electron chi connectivity index (χ2n) is 7.29. The monoisotopic (exact) mass is 431 g/mol. The highest BCUT2D eigenvalue weighted by Crippen LogP contribution is 2.29. The fourth-order valence-electron chi connectivity index (χ4n) is 3.60. The van der Waals surface area contributed by atoms with E-state index in [1.165, 1.54) is 0 Å². The summed E-state index contributed by atoms with van der Waals surface area (Å²) >= 11 is 0. The van der Waals surface area contributed by atoms with Gasteiger partial charge in [-0.2, -0.15) is 5.10 Å². The lowest BCUT2D eigenvalue weighted by atomic mass is 10.0. The van der Waals surface area contributed by atoms with Crippen LogP contribution in [0.25, 0.3) is 0 Å². The summed E-state index contributed by atoms with van der Waals surface area (Å²) < 4.78 is 10.8. The Bertz CT molecular complexity index is 1120. The Labute approximate surface area is 186 Å². The zero-order valence-electron chi connectivity index (χ0n) is 18.1. The molecule has 1 aromatic heterocycles. The van der Waals surface area contributed by atoms with Gasteiger partial charge in [-0.3, -0.25) is 9.80 Å². The molecule has 8 heteroatoms. The van der Waals surface area contributed by atoms with Gasteiger partial charge < -0.3 is 14.8 Å². The number of carbonyl (C=O) groups is 1. The van der Waals surface area contributed by atoms with Crippen molar-refractivity contribution in [2.24, 2.45) is 5.10 Å². The molecule has 0 aliphatic carbocycles. The highest BCUT2D eigenvalue weighted by Gasteiger charge is 2.18. The quantitative estimate of drug-likeness (QED) is 0.613. The van der Waals surface area contributed by atoms with Gasteiger partial charge in [0.2, 0.25) is 5.82 Å². The molecule has 0 spiro atoms. The van der Waals surface area contributed by atoms with Gasteiger partial charge in [0.1, 0.15) is 0 Å². The lowest BCUT2D eigenvalue weighted by molar-refractivity contribution is 0.101. The van der Waals surface area contributed by atoms with Gasteiger partial charge in [0.15, 0.2) is 11.5 Å². The molecule has 1 aliphatic rings. The first-order valence-electron chi connectivity index (χ1n) is 10.4. The van der Waals surface area contributed by atoms with Crippen LogP contribution in [0.2, 0.25) is 0 Å². The molecular weight excluding hydrogens is 406 g/mol. The van der Waals surface area contributed by atoms with E-state index in [0.29, 0.717) is 18.0 Å². The second kappa shape index (κ2) is 9.91. The molecule has 2 aromatic carbocycles. The van der Waals surface area contributed by atoms with Gasteiger partial charge in [-0.05, 0) is 48.7 Å². The third-order valence-electron chi connectivity index (χ3n) is 5.20. The number of nitrogens with zero attached hydrogens (tertiary/aromatic N) is 4. The number of amides is 1. The van der Waals surface area contributed by atoms with Crippen LogP contribution in [0.15, 0.2) is 66.0 Å². The third-order valence-corrected chi connectivity index (χ3v) is 5.20. The number of ether oxygens (including phenoxy) is 2. The van der Waals surface area contributed by atoms with Crippen molar-refractivity contribution in [2.75, 3.05) is 26.1 Å². The number of anilines is 1. The first-order chi connectivity index (χ1) is 15.7. The Kier molecular flexibility index (Phi) is 6.60. The number of methoxy groups -OCH3 is 2. The van der Waals surface area contributed by atoms with Crippen LogP contribution in [0.5, 0.6) is 11.5 Å². The summed E-state index contributed by atoms with van der Waals surface area (Å²) in [6.45, 7) is 1.41. The third kappa shape index (κ3) is 4.85. The van der Waals surface area contributed by atoms with Crippen LogP contribution in [0.3, 0.4) is 0 Å². The lowest BCUT2D eigenvalue weighted by Gasteiger charge is -2.26. The van der Waals surface area contributed by atoms with E-state index in [0.717, 1.165) is 41.9 Å². The Morgan fingerprint density at radius 1 is 1.03 bits per heavy atom. The molecule has 0 fully saturated rings. The highest BCUT2D eigenvalue weighted by molar-refractivity contribution is 6.02. The molecular formula is C24H25N5O3. The second-order valence-corrected chi connectivity index (χ2v) is 7.29. The van der Waals surface area contributed by atoms with E-state index in [4.69, 9.17) is 14.6 Å². The number of hydrogen-bond donors (Lipinski definition) is 1. The van der Waals surface area contributed by atoms with Crippen LogP contribution in [-0.2, 0) is 6.54 Å². The Hall–Kier alpha value is -3.94. The molecule has 0 unspecified atom stereocenters. The van der Waals surface area contributed by atoms with E-state index in [9.17, 15) is 4.79 Å². The number of carbonyl (C=O) groups excluding carboxylic acids is 1. The zero-order chi connectivity index (χ0) is 22.3. The summed E-state index contributed by atoms with van der Waals surface area (Å²) in [6, 6.07) is 15.2. The molecule has 32 heavy (non-hydrogen) atoms. The summed E-state index contributed by atoms with van der Waals surface area (Å²) in [5.74, 6) is 1.16. The molecule has 1 N–H and O–H groups in total.